The third-order valence-corrected chi connectivity index (χ3v) is 4.43. The molecule has 0 atom stereocenters. The molecule has 1 heterocycles. The second-order valence-corrected chi connectivity index (χ2v) is 5.70. The van der Waals surface area contributed by atoms with Crippen LogP contribution in [-0.2, 0) is 16.0 Å². The standard InChI is InChI=1S/C16H16N2O2/c17-10-7-12-3-5-13(6-4-12)18-14(19)11-16(15(18)20)8-1-2-9-16/h3-6H,1-2,7-9,11H2. The highest BCUT2D eigenvalue weighted by Crippen LogP contribution is 2.47. The number of nitriles is 1. The molecule has 1 saturated heterocycles. The Labute approximate surface area is 118 Å². The van der Waals surface area contributed by atoms with Gasteiger partial charge in [-0.15, -0.1) is 0 Å². The molecule has 2 fully saturated rings. The summed E-state index contributed by atoms with van der Waals surface area (Å²) >= 11 is 0. The van der Waals surface area contributed by atoms with Gasteiger partial charge in [-0.2, -0.15) is 5.26 Å². The summed E-state index contributed by atoms with van der Waals surface area (Å²) in [5.74, 6) is -0.127. The fourth-order valence-electron chi connectivity index (χ4n) is 3.35. The summed E-state index contributed by atoms with van der Waals surface area (Å²) in [6, 6.07) is 9.21. The van der Waals surface area contributed by atoms with Gasteiger partial charge in [0.15, 0.2) is 0 Å². The van der Waals surface area contributed by atoms with E-state index in [4.69, 9.17) is 5.26 Å². The van der Waals surface area contributed by atoms with E-state index in [9.17, 15) is 9.59 Å². The molecular formula is C16H16N2O2. The van der Waals surface area contributed by atoms with Gasteiger partial charge >= 0.3 is 0 Å². The molecule has 102 valence electrons. The maximum Gasteiger partial charge on any atom is 0.240 e. The molecule has 0 radical (unpaired) electrons. The van der Waals surface area contributed by atoms with Gasteiger partial charge in [0.1, 0.15) is 0 Å². The zero-order valence-electron chi connectivity index (χ0n) is 11.3. The van der Waals surface area contributed by atoms with E-state index in [0.717, 1.165) is 31.2 Å². The molecule has 4 nitrogen and oxygen atoms in total. The predicted octanol–water partition coefficient (Wildman–Crippen LogP) is 2.58. The van der Waals surface area contributed by atoms with Gasteiger partial charge < -0.3 is 0 Å². The number of benzene rings is 1. The molecule has 1 aliphatic heterocycles. The van der Waals surface area contributed by atoms with Crippen LogP contribution in [0, 0.1) is 16.7 Å². The Hall–Kier alpha value is -2.15. The fraction of sp³-hybridized carbons (Fsp3) is 0.438. The molecule has 20 heavy (non-hydrogen) atoms. The first kappa shape index (κ1) is 12.9. The number of carbonyl (C=O) groups is 2. The largest absolute Gasteiger partial charge is 0.274 e. The van der Waals surface area contributed by atoms with Gasteiger partial charge in [-0.05, 0) is 30.5 Å². The highest BCUT2D eigenvalue weighted by atomic mass is 16.2. The van der Waals surface area contributed by atoms with Gasteiger partial charge in [0.05, 0.1) is 23.6 Å². The van der Waals surface area contributed by atoms with Crippen molar-refractivity contribution in [2.75, 3.05) is 4.90 Å². The summed E-state index contributed by atoms with van der Waals surface area (Å²) in [5, 5.41) is 8.66. The topological polar surface area (TPSA) is 61.2 Å². The van der Waals surface area contributed by atoms with Crippen molar-refractivity contribution >= 4 is 17.5 Å². The highest BCUT2D eigenvalue weighted by Gasteiger charge is 2.52. The molecule has 2 amide bonds. The van der Waals surface area contributed by atoms with Crippen LogP contribution in [-0.4, -0.2) is 11.8 Å². The van der Waals surface area contributed by atoms with E-state index in [1.54, 1.807) is 24.3 Å². The maximum atomic E-state index is 12.6. The van der Waals surface area contributed by atoms with E-state index >= 15 is 0 Å². The average Bonchev–Trinajstić information content (AvgIpc) is 2.99. The van der Waals surface area contributed by atoms with Crippen molar-refractivity contribution in [3.63, 3.8) is 0 Å². The molecule has 0 N–H and O–H groups in total. The van der Waals surface area contributed by atoms with Crippen molar-refractivity contribution in [1.82, 2.24) is 0 Å². The SMILES string of the molecule is N#CCc1ccc(N2C(=O)CC3(CCCC3)C2=O)cc1. The van der Waals surface area contributed by atoms with Gasteiger partial charge in [0, 0.05) is 6.42 Å². The van der Waals surface area contributed by atoms with Crippen LogP contribution in [0.2, 0.25) is 0 Å². The molecule has 2 aliphatic rings. The Kier molecular flexibility index (Phi) is 3.06. The molecule has 1 spiro atoms. The molecule has 1 saturated carbocycles. The molecule has 3 rings (SSSR count). The van der Waals surface area contributed by atoms with Crippen molar-refractivity contribution in [3.8, 4) is 6.07 Å². The lowest BCUT2D eigenvalue weighted by Crippen LogP contribution is -2.34. The number of nitrogens with zero attached hydrogens (tertiary/aromatic N) is 2. The maximum absolute atomic E-state index is 12.6. The molecule has 0 unspecified atom stereocenters. The van der Waals surface area contributed by atoms with Gasteiger partial charge in [0.25, 0.3) is 0 Å². The second kappa shape index (κ2) is 4.75. The zero-order chi connectivity index (χ0) is 14.2. The molecule has 0 bridgehead atoms. The van der Waals surface area contributed by atoms with Crippen LogP contribution >= 0.6 is 0 Å². The monoisotopic (exact) mass is 268 g/mol. The Balaban J connectivity index is 1.88. The van der Waals surface area contributed by atoms with E-state index in [2.05, 4.69) is 6.07 Å². The summed E-state index contributed by atoms with van der Waals surface area (Å²) in [6.07, 6.45) is 4.43. The number of hydrogen-bond donors (Lipinski definition) is 0. The van der Waals surface area contributed by atoms with Crippen molar-refractivity contribution in [1.29, 1.82) is 5.26 Å². The minimum atomic E-state index is -0.428. The zero-order valence-corrected chi connectivity index (χ0v) is 11.3. The van der Waals surface area contributed by atoms with E-state index in [-0.39, 0.29) is 11.8 Å². The lowest BCUT2D eigenvalue weighted by molar-refractivity contribution is -0.125. The molecule has 1 aliphatic carbocycles. The number of rotatable bonds is 2. The van der Waals surface area contributed by atoms with Crippen LogP contribution in [0.3, 0.4) is 0 Å². The number of hydrogen-bond acceptors (Lipinski definition) is 3. The van der Waals surface area contributed by atoms with E-state index in [0.29, 0.717) is 18.5 Å². The van der Waals surface area contributed by atoms with Gasteiger partial charge in [-0.25, -0.2) is 0 Å². The first-order valence-corrected chi connectivity index (χ1v) is 7.00. The van der Waals surface area contributed by atoms with Crippen LogP contribution in [0.4, 0.5) is 5.69 Å². The summed E-state index contributed by atoms with van der Waals surface area (Å²) in [6.45, 7) is 0. The number of carbonyl (C=O) groups excluding carboxylic acids is 2. The quantitative estimate of drug-likeness (QED) is 0.774. The van der Waals surface area contributed by atoms with Crippen molar-refractivity contribution < 1.29 is 9.59 Å². The van der Waals surface area contributed by atoms with Crippen LogP contribution in [0.1, 0.15) is 37.7 Å². The number of imide groups is 1. The van der Waals surface area contributed by atoms with Gasteiger partial charge in [-0.1, -0.05) is 25.0 Å². The fourth-order valence-corrected chi connectivity index (χ4v) is 3.35. The second-order valence-electron chi connectivity index (χ2n) is 5.70. The van der Waals surface area contributed by atoms with E-state index in [1.807, 2.05) is 0 Å². The lowest BCUT2D eigenvalue weighted by Gasteiger charge is -2.21. The summed E-state index contributed by atoms with van der Waals surface area (Å²) in [5.41, 5.74) is 1.10. The van der Waals surface area contributed by atoms with E-state index in [1.165, 1.54) is 4.90 Å². The predicted molar refractivity (Wildman–Crippen MR) is 73.8 cm³/mol. The van der Waals surface area contributed by atoms with Crippen LogP contribution in [0.25, 0.3) is 0 Å². The molecule has 1 aromatic rings. The van der Waals surface area contributed by atoms with Crippen LogP contribution in [0.15, 0.2) is 24.3 Å². The summed E-state index contributed by atoms with van der Waals surface area (Å²) in [4.78, 5) is 26.1. The van der Waals surface area contributed by atoms with Gasteiger partial charge in [-0.3, -0.25) is 14.5 Å². The molecular weight excluding hydrogens is 252 g/mol. The molecule has 4 heteroatoms. The van der Waals surface area contributed by atoms with Crippen LogP contribution < -0.4 is 4.90 Å². The summed E-state index contributed by atoms with van der Waals surface area (Å²) in [7, 11) is 0. The van der Waals surface area contributed by atoms with Crippen molar-refractivity contribution in [2.24, 2.45) is 5.41 Å². The lowest BCUT2D eigenvalue weighted by atomic mass is 9.84. The smallest absolute Gasteiger partial charge is 0.240 e. The highest BCUT2D eigenvalue weighted by molar-refractivity contribution is 6.22. The summed E-state index contributed by atoms with van der Waals surface area (Å²) < 4.78 is 0. The minimum Gasteiger partial charge on any atom is -0.274 e. The first-order valence-electron chi connectivity index (χ1n) is 7.00. The average molecular weight is 268 g/mol. The number of amides is 2. The van der Waals surface area contributed by atoms with Crippen molar-refractivity contribution in [2.45, 2.75) is 38.5 Å². The normalized spacial score (nSPS) is 20.6. The first-order chi connectivity index (χ1) is 9.66. The Morgan fingerprint density at radius 3 is 2.40 bits per heavy atom. The third kappa shape index (κ3) is 1.90. The molecule has 0 aromatic heterocycles. The van der Waals surface area contributed by atoms with Crippen LogP contribution in [0.5, 0.6) is 0 Å². The van der Waals surface area contributed by atoms with Crippen molar-refractivity contribution in [3.05, 3.63) is 29.8 Å². The van der Waals surface area contributed by atoms with E-state index < -0.39 is 5.41 Å². The molecule has 1 aromatic carbocycles. The number of anilines is 1. The Morgan fingerprint density at radius 1 is 1.15 bits per heavy atom. The van der Waals surface area contributed by atoms with Gasteiger partial charge in [0.2, 0.25) is 11.8 Å². The third-order valence-electron chi connectivity index (χ3n) is 4.43. The Bertz CT molecular complexity index is 592. The Morgan fingerprint density at radius 2 is 1.80 bits per heavy atom. The minimum absolute atomic E-state index is 0.0342.